The Bertz CT molecular complexity index is 1010. The third-order valence-electron chi connectivity index (χ3n) is 6.33. The van der Waals surface area contributed by atoms with Crippen molar-refractivity contribution >= 4 is 11.0 Å². The third-order valence-corrected chi connectivity index (χ3v) is 6.33. The van der Waals surface area contributed by atoms with E-state index in [1.54, 1.807) is 18.5 Å². The highest BCUT2D eigenvalue weighted by atomic mass is 19.1. The molecular formula is C22H25FN4O. The first-order valence-corrected chi connectivity index (χ1v) is 10.0. The van der Waals surface area contributed by atoms with Crippen molar-refractivity contribution in [1.82, 2.24) is 19.4 Å². The van der Waals surface area contributed by atoms with Crippen molar-refractivity contribution < 1.29 is 9.50 Å². The number of hydrogen-bond donors (Lipinski definition) is 1. The Kier molecular flexibility index (Phi) is 4.21. The minimum atomic E-state index is -1.06. The van der Waals surface area contributed by atoms with Crippen LogP contribution in [0.2, 0.25) is 0 Å². The molecule has 0 aromatic carbocycles. The zero-order chi connectivity index (χ0) is 19.3. The fourth-order valence-corrected chi connectivity index (χ4v) is 4.96. The van der Waals surface area contributed by atoms with Gasteiger partial charge in [0.25, 0.3) is 0 Å². The molecule has 0 radical (unpaired) electrons. The van der Waals surface area contributed by atoms with Gasteiger partial charge in [0, 0.05) is 48.2 Å². The molecule has 2 aliphatic heterocycles. The smallest absolute Gasteiger partial charge is 0.131 e. The molecule has 5 heterocycles. The Morgan fingerprint density at radius 2 is 2.18 bits per heavy atom. The number of rotatable bonds is 4. The first-order valence-electron chi connectivity index (χ1n) is 10.0. The van der Waals surface area contributed by atoms with Crippen molar-refractivity contribution in [2.75, 3.05) is 13.1 Å². The van der Waals surface area contributed by atoms with E-state index < -0.39 is 12.3 Å². The largest absolute Gasteiger partial charge is 0.384 e. The molecule has 3 aromatic heterocycles. The maximum absolute atomic E-state index is 13.3. The summed E-state index contributed by atoms with van der Waals surface area (Å²) in [5.74, 6) is 0. The van der Waals surface area contributed by atoms with E-state index in [1.165, 1.54) is 17.7 Å². The van der Waals surface area contributed by atoms with Gasteiger partial charge in [-0.3, -0.25) is 9.88 Å². The van der Waals surface area contributed by atoms with Gasteiger partial charge in [-0.05, 0) is 44.5 Å². The Morgan fingerprint density at radius 3 is 2.96 bits per heavy atom. The SMILES string of the molecule is CC(O)(Cn1c2c(c3nc(CF)ccc31)C1CCCN1CC2)c1cccnc1. The molecule has 5 nitrogen and oxygen atoms in total. The molecule has 1 fully saturated rings. The lowest BCUT2D eigenvalue weighted by Crippen LogP contribution is -2.33. The Balaban J connectivity index is 1.67. The van der Waals surface area contributed by atoms with E-state index in [0.29, 0.717) is 18.3 Å². The number of aromatic nitrogens is 3. The summed E-state index contributed by atoms with van der Waals surface area (Å²) in [6.45, 7) is 3.84. The van der Waals surface area contributed by atoms with Gasteiger partial charge in [-0.15, -0.1) is 0 Å². The number of alkyl halides is 1. The average molecular weight is 380 g/mol. The van der Waals surface area contributed by atoms with Crippen molar-refractivity contribution in [1.29, 1.82) is 0 Å². The second-order valence-corrected chi connectivity index (χ2v) is 8.21. The molecule has 1 N–H and O–H groups in total. The lowest BCUT2D eigenvalue weighted by Gasteiger charge is -2.32. The Hall–Kier alpha value is -2.31. The molecule has 6 heteroatoms. The molecule has 5 rings (SSSR count). The van der Waals surface area contributed by atoms with Crippen molar-refractivity contribution in [3.63, 3.8) is 0 Å². The van der Waals surface area contributed by atoms with Crippen LogP contribution in [0.4, 0.5) is 4.39 Å². The summed E-state index contributed by atoms with van der Waals surface area (Å²) in [4.78, 5) is 11.4. The molecule has 2 atom stereocenters. The fourth-order valence-electron chi connectivity index (χ4n) is 4.96. The maximum Gasteiger partial charge on any atom is 0.131 e. The fraction of sp³-hybridized carbons (Fsp3) is 0.455. The van der Waals surface area contributed by atoms with Gasteiger partial charge >= 0.3 is 0 Å². The van der Waals surface area contributed by atoms with Gasteiger partial charge in [0.1, 0.15) is 12.3 Å². The highest BCUT2D eigenvalue weighted by molar-refractivity contribution is 5.83. The van der Waals surface area contributed by atoms with Crippen LogP contribution in [0.5, 0.6) is 0 Å². The number of fused-ring (bicyclic) bond motifs is 5. The van der Waals surface area contributed by atoms with Gasteiger partial charge in [-0.1, -0.05) is 6.07 Å². The van der Waals surface area contributed by atoms with Crippen molar-refractivity contribution in [3.8, 4) is 0 Å². The van der Waals surface area contributed by atoms with E-state index in [4.69, 9.17) is 0 Å². The zero-order valence-electron chi connectivity index (χ0n) is 16.1. The van der Waals surface area contributed by atoms with Gasteiger partial charge in [0.05, 0.1) is 23.3 Å². The van der Waals surface area contributed by atoms with Crippen LogP contribution in [0.3, 0.4) is 0 Å². The van der Waals surface area contributed by atoms with Gasteiger partial charge in [-0.2, -0.15) is 0 Å². The molecule has 146 valence electrons. The van der Waals surface area contributed by atoms with Crippen LogP contribution in [0, 0.1) is 0 Å². The topological polar surface area (TPSA) is 54.2 Å². The summed E-state index contributed by atoms with van der Waals surface area (Å²) >= 11 is 0. The van der Waals surface area contributed by atoms with E-state index >= 15 is 0 Å². The average Bonchev–Trinajstić information content (AvgIpc) is 3.31. The highest BCUT2D eigenvalue weighted by Crippen LogP contribution is 2.43. The van der Waals surface area contributed by atoms with E-state index in [0.717, 1.165) is 42.5 Å². The normalized spacial score (nSPS) is 21.5. The lowest BCUT2D eigenvalue weighted by molar-refractivity contribution is 0.0380. The summed E-state index contributed by atoms with van der Waals surface area (Å²) in [5, 5.41) is 11.3. The van der Waals surface area contributed by atoms with E-state index in [-0.39, 0.29) is 0 Å². The van der Waals surface area contributed by atoms with Crippen LogP contribution in [0.25, 0.3) is 11.0 Å². The predicted octanol–water partition coefficient (Wildman–Crippen LogP) is 3.50. The van der Waals surface area contributed by atoms with E-state index in [2.05, 4.69) is 19.4 Å². The van der Waals surface area contributed by atoms with Crippen LogP contribution in [0.15, 0.2) is 36.7 Å². The first-order chi connectivity index (χ1) is 13.6. The molecule has 1 saturated heterocycles. The van der Waals surface area contributed by atoms with Crippen molar-refractivity contribution in [2.24, 2.45) is 0 Å². The zero-order valence-corrected chi connectivity index (χ0v) is 16.1. The van der Waals surface area contributed by atoms with Crippen LogP contribution in [0.1, 0.15) is 48.3 Å². The molecule has 0 spiro atoms. The number of aliphatic hydroxyl groups is 1. The van der Waals surface area contributed by atoms with Crippen LogP contribution in [-0.4, -0.2) is 37.6 Å². The molecule has 2 aliphatic rings. The molecule has 0 amide bonds. The van der Waals surface area contributed by atoms with E-state index in [9.17, 15) is 9.50 Å². The lowest BCUT2D eigenvalue weighted by atomic mass is 9.96. The summed E-state index contributed by atoms with van der Waals surface area (Å²) in [7, 11) is 0. The molecule has 0 bridgehead atoms. The molecule has 28 heavy (non-hydrogen) atoms. The number of nitrogens with zero attached hydrogens (tertiary/aromatic N) is 4. The predicted molar refractivity (Wildman–Crippen MR) is 106 cm³/mol. The van der Waals surface area contributed by atoms with Crippen LogP contribution < -0.4 is 0 Å². The van der Waals surface area contributed by atoms with E-state index in [1.807, 2.05) is 25.1 Å². The molecule has 3 aromatic rings. The summed E-state index contributed by atoms with van der Waals surface area (Å²) in [6.07, 6.45) is 6.66. The van der Waals surface area contributed by atoms with Gasteiger partial charge in [-0.25, -0.2) is 9.37 Å². The second kappa shape index (κ2) is 6.64. The summed E-state index contributed by atoms with van der Waals surface area (Å²) in [6, 6.07) is 7.84. The quantitative estimate of drug-likeness (QED) is 0.753. The standard InChI is InChI=1S/C22H25FN4O/c1-22(28,15-4-2-9-24-13-15)14-27-18-8-11-26-10-3-5-17(26)20(18)21-19(27)7-6-16(12-23)25-21/h2,4,6-7,9,13,17,28H,3,5,8,10-12,14H2,1H3. The molecular weight excluding hydrogens is 355 g/mol. The summed E-state index contributed by atoms with van der Waals surface area (Å²) in [5.41, 5.74) is 4.59. The highest BCUT2D eigenvalue weighted by Gasteiger charge is 2.37. The third kappa shape index (κ3) is 2.74. The molecule has 2 unspecified atom stereocenters. The minimum absolute atomic E-state index is 0.359. The van der Waals surface area contributed by atoms with Crippen LogP contribution >= 0.6 is 0 Å². The minimum Gasteiger partial charge on any atom is -0.384 e. The summed E-state index contributed by atoms with van der Waals surface area (Å²) < 4.78 is 15.5. The maximum atomic E-state index is 13.3. The number of halogens is 1. The number of pyridine rings is 2. The Morgan fingerprint density at radius 1 is 1.29 bits per heavy atom. The monoisotopic (exact) mass is 380 g/mol. The molecule has 0 aliphatic carbocycles. The van der Waals surface area contributed by atoms with Crippen molar-refractivity contribution in [2.45, 2.75) is 51.0 Å². The van der Waals surface area contributed by atoms with Crippen LogP contribution in [-0.2, 0) is 25.2 Å². The van der Waals surface area contributed by atoms with Crippen molar-refractivity contribution in [3.05, 3.63) is 59.2 Å². The van der Waals surface area contributed by atoms with Gasteiger partial charge < -0.3 is 9.67 Å². The second-order valence-electron chi connectivity index (χ2n) is 8.21. The first kappa shape index (κ1) is 17.8. The Labute approximate surface area is 163 Å². The van der Waals surface area contributed by atoms with Gasteiger partial charge in [0.2, 0.25) is 0 Å². The molecule has 0 saturated carbocycles. The van der Waals surface area contributed by atoms with Gasteiger partial charge in [0.15, 0.2) is 0 Å². The number of hydrogen-bond acceptors (Lipinski definition) is 4.